The summed E-state index contributed by atoms with van der Waals surface area (Å²) < 4.78 is 54.9. The summed E-state index contributed by atoms with van der Waals surface area (Å²) in [4.78, 5) is 21.1. The molecule has 0 atom stereocenters. The Kier molecular flexibility index (Phi) is 6.54. The van der Waals surface area contributed by atoms with Gasteiger partial charge in [0.1, 0.15) is 11.5 Å². The molecular weight excluding hydrogens is 514 g/mol. The van der Waals surface area contributed by atoms with Crippen LogP contribution in [0.25, 0.3) is 11.3 Å². The van der Waals surface area contributed by atoms with Gasteiger partial charge in [0.05, 0.1) is 46.1 Å². The number of aromatic nitrogens is 3. The first-order chi connectivity index (χ1) is 17.9. The Morgan fingerprint density at radius 1 is 1.21 bits per heavy atom. The molecule has 1 fully saturated rings. The fourth-order valence-corrected chi connectivity index (χ4v) is 4.88. The summed E-state index contributed by atoms with van der Waals surface area (Å²) in [6.45, 7) is 1.92. The Hall–Kier alpha value is -3.67. The number of hydrogen-bond acceptors (Lipinski definition) is 7. The number of hydrogen-bond donors (Lipinski definition) is 1. The molecule has 1 aliphatic carbocycles. The average Bonchev–Trinajstić information content (AvgIpc) is 3.52. The van der Waals surface area contributed by atoms with Crippen molar-refractivity contribution in [3.63, 3.8) is 0 Å². The first kappa shape index (κ1) is 26.0. The van der Waals surface area contributed by atoms with Gasteiger partial charge < -0.3 is 5.32 Å². The number of carbonyl (C=O) groups excluding carboxylic acids is 1. The number of alkyl halides is 2. The van der Waals surface area contributed by atoms with Crippen molar-refractivity contribution in [2.24, 2.45) is 18.0 Å². The topological polar surface area (TPSA) is 110 Å². The monoisotopic (exact) mass is 542 g/mol. The van der Waals surface area contributed by atoms with Crippen molar-refractivity contribution in [2.75, 3.05) is 22.9 Å². The number of aryl methyl sites for hydroxylation is 2. The van der Waals surface area contributed by atoms with E-state index < -0.39 is 16.4 Å². The lowest BCUT2D eigenvalue weighted by Gasteiger charge is -2.22. The maximum absolute atomic E-state index is 13.5. The number of Topliss-reactive ketones (excluding diaryl/α,β-unsaturated/α-hetero) is 1. The normalized spacial score (nSPS) is 15.0. The number of aliphatic imine (C=N–C) groups is 1. The molecule has 1 aromatic carbocycles. The van der Waals surface area contributed by atoms with Gasteiger partial charge in [-0.2, -0.15) is 5.10 Å². The van der Waals surface area contributed by atoms with Gasteiger partial charge in [-0.3, -0.25) is 18.8 Å². The second-order valence-corrected chi connectivity index (χ2v) is 11.9. The summed E-state index contributed by atoms with van der Waals surface area (Å²) >= 11 is 0. The second-order valence-electron chi connectivity index (χ2n) is 9.84. The lowest BCUT2D eigenvalue weighted by atomic mass is 10.1. The summed E-state index contributed by atoms with van der Waals surface area (Å²) in [6.07, 6.45) is 0.0699. The van der Waals surface area contributed by atoms with Crippen molar-refractivity contribution in [3.05, 3.63) is 47.4 Å². The molecule has 200 valence electrons. The molecule has 1 aliphatic heterocycles. The third-order valence-electron chi connectivity index (χ3n) is 6.88. The van der Waals surface area contributed by atoms with Crippen molar-refractivity contribution < 1.29 is 22.0 Å². The van der Waals surface area contributed by atoms with Crippen LogP contribution in [0.2, 0.25) is 0 Å². The Labute approximate surface area is 219 Å². The fraction of sp³-hybridized carbons (Fsp3) is 0.385. The Balaban J connectivity index is 1.59. The SMILES string of the molecule is Cc1cc(-c2ccc(Nc3cc(CC(=O)C4CC4)nc4c3N=C(C(F)F)C4)c(N(C)S(C)(=O)=O)c2)nn1C. The van der Waals surface area contributed by atoms with E-state index in [1.54, 1.807) is 28.9 Å². The number of benzene rings is 1. The van der Waals surface area contributed by atoms with Crippen LogP contribution in [0.1, 0.15) is 29.9 Å². The van der Waals surface area contributed by atoms with Crippen LogP contribution in [0.3, 0.4) is 0 Å². The minimum atomic E-state index is -3.65. The molecule has 0 amide bonds. The molecule has 2 aliphatic rings. The van der Waals surface area contributed by atoms with Gasteiger partial charge in [-0.25, -0.2) is 22.2 Å². The van der Waals surface area contributed by atoms with Crippen LogP contribution < -0.4 is 9.62 Å². The van der Waals surface area contributed by atoms with Gasteiger partial charge in [0.2, 0.25) is 10.0 Å². The van der Waals surface area contributed by atoms with Crippen molar-refractivity contribution in [1.82, 2.24) is 14.8 Å². The number of sulfonamides is 1. The number of fused-ring (bicyclic) bond motifs is 1. The van der Waals surface area contributed by atoms with E-state index >= 15 is 0 Å². The quantitative estimate of drug-likeness (QED) is 0.431. The van der Waals surface area contributed by atoms with E-state index in [1.807, 2.05) is 20.0 Å². The third-order valence-corrected chi connectivity index (χ3v) is 8.07. The fourth-order valence-electron chi connectivity index (χ4n) is 4.37. The maximum atomic E-state index is 13.5. The van der Waals surface area contributed by atoms with Gasteiger partial charge in [0.25, 0.3) is 6.43 Å². The smallest absolute Gasteiger partial charge is 0.277 e. The number of pyridine rings is 1. The van der Waals surface area contributed by atoms with Crippen LogP contribution in [0, 0.1) is 12.8 Å². The van der Waals surface area contributed by atoms with Crippen molar-refractivity contribution in [3.8, 4) is 11.3 Å². The molecule has 0 unspecified atom stereocenters. The van der Waals surface area contributed by atoms with Crippen LogP contribution in [0.4, 0.5) is 31.5 Å². The van der Waals surface area contributed by atoms with Crippen LogP contribution in [-0.2, 0) is 34.7 Å². The van der Waals surface area contributed by atoms with Crippen LogP contribution in [0.15, 0.2) is 35.3 Å². The van der Waals surface area contributed by atoms with Gasteiger partial charge >= 0.3 is 0 Å². The number of anilines is 3. The van der Waals surface area contributed by atoms with E-state index in [4.69, 9.17) is 0 Å². The lowest BCUT2D eigenvalue weighted by molar-refractivity contribution is -0.119. The highest BCUT2D eigenvalue weighted by Gasteiger charge is 2.31. The number of halogens is 2. The molecule has 5 rings (SSSR count). The number of rotatable bonds is 9. The van der Waals surface area contributed by atoms with Crippen molar-refractivity contribution in [1.29, 1.82) is 0 Å². The van der Waals surface area contributed by atoms with E-state index in [2.05, 4.69) is 20.4 Å². The predicted molar refractivity (Wildman–Crippen MR) is 142 cm³/mol. The van der Waals surface area contributed by atoms with Gasteiger partial charge in [0, 0.05) is 44.1 Å². The Morgan fingerprint density at radius 2 is 1.95 bits per heavy atom. The van der Waals surface area contributed by atoms with Crippen molar-refractivity contribution >= 4 is 44.3 Å². The van der Waals surface area contributed by atoms with Crippen LogP contribution >= 0.6 is 0 Å². The summed E-state index contributed by atoms with van der Waals surface area (Å²) in [7, 11) is -0.388. The third kappa shape index (κ3) is 5.17. The van der Waals surface area contributed by atoms with Crippen molar-refractivity contribution in [2.45, 2.75) is 39.0 Å². The van der Waals surface area contributed by atoms with Gasteiger partial charge in [-0.1, -0.05) is 6.07 Å². The molecule has 0 spiro atoms. The molecule has 0 saturated heterocycles. The zero-order valence-corrected chi connectivity index (χ0v) is 22.3. The average molecular weight is 543 g/mol. The first-order valence-electron chi connectivity index (χ1n) is 12.2. The van der Waals surface area contributed by atoms with Crippen LogP contribution in [-0.4, -0.2) is 54.4 Å². The zero-order chi connectivity index (χ0) is 27.4. The van der Waals surface area contributed by atoms with Gasteiger partial charge in [-0.05, 0) is 44.0 Å². The summed E-state index contributed by atoms with van der Waals surface area (Å²) in [6, 6.07) is 8.75. The Morgan fingerprint density at radius 3 is 2.55 bits per heavy atom. The highest BCUT2D eigenvalue weighted by atomic mass is 32.2. The minimum absolute atomic E-state index is 0.0344. The Bertz CT molecular complexity index is 1560. The molecular formula is C26H28F2N6O3S. The molecule has 3 heterocycles. The molecule has 1 N–H and O–H groups in total. The molecule has 2 aromatic heterocycles. The number of carbonyl (C=O) groups is 1. The largest absolute Gasteiger partial charge is 0.352 e. The summed E-state index contributed by atoms with van der Waals surface area (Å²) in [5, 5.41) is 7.69. The van der Waals surface area contributed by atoms with Gasteiger partial charge in [-0.15, -0.1) is 0 Å². The van der Waals surface area contributed by atoms with E-state index in [9.17, 15) is 22.0 Å². The zero-order valence-electron chi connectivity index (χ0n) is 21.5. The van der Waals surface area contributed by atoms with E-state index in [0.29, 0.717) is 39.7 Å². The standard InChI is InChI=1S/C26H28F2N6O3S/c1-14-9-19(32-33(14)2)16-7-8-18(23(10-16)34(3)38(4,36)37)30-20-11-17(12-24(35)15-5-6-15)29-21-13-22(26(27)28)31-25(20)21/h7-11,15,26H,5-6,12-13H2,1-4H3,(H,29,30). The predicted octanol–water partition coefficient (Wildman–Crippen LogP) is 4.35. The van der Waals surface area contributed by atoms with Crippen LogP contribution in [0.5, 0.6) is 0 Å². The number of nitrogens with zero attached hydrogens (tertiary/aromatic N) is 5. The highest BCUT2D eigenvalue weighted by Crippen LogP contribution is 2.41. The molecule has 0 bridgehead atoms. The molecule has 1 saturated carbocycles. The first-order valence-corrected chi connectivity index (χ1v) is 14.0. The van der Waals surface area contributed by atoms with Gasteiger partial charge in [0.15, 0.2) is 0 Å². The lowest BCUT2D eigenvalue weighted by Crippen LogP contribution is -2.25. The molecule has 0 radical (unpaired) electrons. The van der Waals surface area contributed by atoms with E-state index in [0.717, 1.165) is 29.1 Å². The molecule has 9 nitrogen and oxygen atoms in total. The number of nitrogens with one attached hydrogen (secondary N) is 1. The van der Waals surface area contributed by atoms with E-state index in [-0.39, 0.29) is 35.9 Å². The highest BCUT2D eigenvalue weighted by molar-refractivity contribution is 7.92. The molecule has 3 aromatic rings. The van der Waals surface area contributed by atoms with E-state index in [1.165, 1.54) is 7.05 Å². The number of ketones is 1. The summed E-state index contributed by atoms with van der Waals surface area (Å²) in [5.41, 5.74) is 4.26. The maximum Gasteiger partial charge on any atom is 0.277 e. The second kappa shape index (κ2) is 9.57. The molecule has 12 heteroatoms. The minimum Gasteiger partial charge on any atom is -0.352 e. The summed E-state index contributed by atoms with van der Waals surface area (Å²) in [5.74, 6) is 0.107. The molecule has 38 heavy (non-hydrogen) atoms.